The third-order valence-electron chi connectivity index (χ3n) is 5.09. The average molecular weight is 267 g/mol. The first kappa shape index (κ1) is 13.8. The molecule has 3 nitrogen and oxygen atoms in total. The summed E-state index contributed by atoms with van der Waals surface area (Å²) in [6.07, 6.45) is 13.3. The number of aliphatic hydroxyl groups is 1. The third kappa shape index (κ3) is 3.71. The number of aliphatic hydroxyl groups excluding tert-OH is 1. The van der Waals surface area contributed by atoms with Crippen LogP contribution in [0.25, 0.3) is 0 Å². The Balaban J connectivity index is 1.53. The Bertz CT molecular complexity index is 280. The first-order valence-corrected chi connectivity index (χ1v) is 8.32. The highest BCUT2D eigenvalue weighted by Gasteiger charge is 2.47. The van der Waals surface area contributed by atoms with Crippen LogP contribution in [0.2, 0.25) is 0 Å². The summed E-state index contributed by atoms with van der Waals surface area (Å²) in [6.45, 7) is 0.955. The summed E-state index contributed by atoms with van der Waals surface area (Å²) in [7, 11) is 0. The second-order valence-corrected chi connectivity index (χ2v) is 6.93. The summed E-state index contributed by atoms with van der Waals surface area (Å²) in [5.41, 5.74) is -0.131. The van der Waals surface area contributed by atoms with E-state index in [1.165, 1.54) is 64.2 Å². The van der Waals surface area contributed by atoms with E-state index >= 15 is 0 Å². The fraction of sp³-hybridized carbons (Fsp3) is 1.00. The first-order valence-electron chi connectivity index (χ1n) is 8.32. The van der Waals surface area contributed by atoms with E-state index in [4.69, 9.17) is 4.74 Å². The van der Waals surface area contributed by atoms with Crippen molar-refractivity contribution in [2.75, 3.05) is 13.2 Å². The summed E-state index contributed by atoms with van der Waals surface area (Å²) in [6, 6.07) is 0.644. The van der Waals surface area contributed by atoms with Crippen LogP contribution in [0.4, 0.5) is 0 Å². The maximum atomic E-state index is 9.91. The standard InChI is InChI=1S/C16H29NO2/c18-11-16(13-7-8-13,17-14-9-10-14)12-19-15-5-3-1-2-4-6-15/h13-15,17-18H,1-12H2. The minimum Gasteiger partial charge on any atom is -0.394 e. The zero-order valence-electron chi connectivity index (χ0n) is 12.1. The lowest BCUT2D eigenvalue weighted by Gasteiger charge is -2.35. The molecular formula is C16H29NO2. The molecule has 0 heterocycles. The monoisotopic (exact) mass is 267 g/mol. The van der Waals surface area contributed by atoms with Gasteiger partial charge in [-0.05, 0) is 44.4 Å². The van der Waals surface area contributed by atoms with Gasteiger partial charge < -0.3 is 15.2 Å². The Morgan fingerprint density at radius 3 is 2.16 bits per heavy atom. The van der Waals surface area contributed by atoms with Crippen LogP contribution in [0.15, 0.2) is 0 Å². The fourth-order valence-electron chi connectivity index (χ4n) is 3.44. The van der Waals surface area contributed by atoms with Gasteiger partial charge in [0.25, 0.3) is 0 Å². The van der Waals surface area contributed by atoms with Crippen molar-refractivity contribution in [3.63, 3.8) is 0 Å². The minimum absolute atomic E-state index is 0.131. The fourth-order valence-corrected chi connectivity index (χ4v) is 3.44. The van der Waals surface area contributed by atoms with Crippen molar-refractivity contribution in [3.8, 4) is 0 Å². The van der Waals surface area contributed by atoms with Crippen molar-refractivity contribution in [2.45, 2.75) is 81.9 Å². The van der Waals surface area contributed by atoms with Crippen LogP contribution in [0, 0.1) is 5.92 Å². The lowest BCUT2D eigenvalue weighted by molar-refractivity contribution is -0.0243. The Hall–Kier alpha value is -0.120. The number of rotatable bonds is 7. The van der Waals surface area contributed by atoms with Gasteiger partial charge >= 0.3 is 0 Å². The van der Waals surface area contributed by atoms with Gasteiger partial charge in [0.15, 0.2) is 0 Å². The maximum absolute atomic E-state index is 9.91. The summed E-state index contributed by atoms with van der Waals surface area (Å²) >= 11 is 0. The van der Waals surface area contributed by atoms with E-state index in [2.05, 4.69) is 5.32 Å². The largest absolute Gasteiger partial charge is 0.394 e. The number of nitrogens with one attached hydrogen (secondary N) is 1. The molecule has 0 aliphatic heterocycles. The molecule has 0 aromatic heterocycles. The van der Waals surface area contributed by atoms with Crippen molar-refractivity contribution in [1.29, 1.82) is 0 Å². The molecule has 1 atom stereocenters. The van der Waals surface area contributed by atoms with Gasteiger partial charge in [-0.2, -0.15) is 0 Å². The van der Waals surface area contributed by atoms with E-state index in [-0.39, 0.29) is 12.1 Å². The van der Waals surface area contributed by atoms with Crippen LogP contribution in [0.3, 0.4) is 0 Å². The van der Waals surface area contributed by atoms with E-state index < -0.39 is 0 Å². The van der Waals surface area contributed by atoms with E-state index in [0.29, 0.717) is 18.1 Å². The van der Waals surface area contributed by atoms with Crippen LogP contribution in [-0.2, 0) is 4.74 Å². The SMILES string of the molecule is OCC(COC1CCCCCC1)(NC1CC1)C1CC1. The Labute approximate surface area is 117 Å². The van der Waals surface area contributed by atoms with Gasteiger partial charge in [-0.15, -0.1) is 0 Å². The second kappa shape index (κ2) is 6.11. The average Bonchev–Trinajstić information content (AvgIpc) is 3.31. The van der Waals surface area contributed by atoms with E-state index in [1.807, 2.05) is 0 Å². The molecule has 3 aliphatic carbocycles. The van der Waals surface area contributed by atoms with E-state index in [9.17, 15) is 5.11 Å². The molecule has 19 heavy (non-hydrogen) atoms. The zero-order valence-corrected chi connectivity index (χ0v) is 12.1. The highest BCUT2D eigenvalue weighted by atomic mass is 16.5. The molecule has 0 aromatic rings. The molecular weight excluding hydrogens is 238 g/mol. The quantitative estimate of drug-likeness (QED) is 0.697. The van der Waals surface area contributed by atoms with Gasteiger partial charge in [0.05, 0.1) is 24.9 Å². The van der Waals surface area contributed by atoms with Crippen LogP contribution >= 0.6 is 0 Å². The van der Waals surface area contributed by atoms with Crippen molar-refractivity contribution in [2.24, 2.45) is 5.92 Å². The molecule has 0 aromatic carbocycles. The molecule has 110 valence electrons. The topological polar surface area (TPSA) is 41.5 Å². The molecule has 3 saturated carbocycles. The zero-order chi connectivity index (χ0) is 13.1. The van der Waals surface area contributed by atoms with Crippen LogP contribution in [-0.4, -0.2) is 36.0 Å². The van der Waals surface area contributed by atoms with E-state index in [1.54, 1.807) is 0 Å². The van der Waals surface area contributed by atoms with Gasteiger partial charge in [-0.3, -0.25) is 0 Å². The lowest BCUT2D eigenvalue weighted by atomic mass is 9.94. The molecule has 3 fully saturated rings. The smallest absolute Gasteiger partial charge is 0.0681 e. The molecule has 0 spiro atoms. The lowest BCUT2D eigenvalue weighted by Crippen LogP contribution is -2.55. The Kier molecular flexibility index (Phi) is 4.45. The Morgan fingerprint density at radius 2 is 1.63 bits per heavy atom. The van der Waals surface area contributed by atoms with Gasteiger partial charge in [-0.25, -0.2) is 0 Å². The number of ether oxygens (including phenoxy) is 1. The number of hydrogen-bond donors (Lipinski definition) is 2. The molecule has 0 amide bonds. The van der Waals surface area contributed by atoms with Crippen LogP contribution in [0.1, 0.15) is 64.2 Å². The molecule has 2 N–H and O–H groups in total. The summed E-state index contributed by atoms with van der Waals surface area (Å²) in [4.78, 5) is 0. The molecule has 3 heteroatoms. The van der Waals surface area contributed by atoms with Gasteiger partial charge in [-0.1, -0.05) is 25.7 Å². The predicted octanol–water partition coefficient (Wildman–Crippen LogP) is 2.62. The van der Waals surface area contributed by atoms with Crippen molar-refractivity contribution in [1.82, 2.24) is 5.32 Å². The molecule has 0 bridgehead atoms. The first-order chi connectivity index (χ1) is 9.32. The van der Waals surface area contributed by atoms with Crippen molar-refractivity contribution >= 4 is 0 Å². The second-order valence-electron chi connectivity index (χ2n) is 6.93. The summed E-state index contributed by atoms with van der Waals surface area (Å²) in [5.74, 6) is 0.642. The molecule has 0 saturated heterocycles. The summed E-state index contributed by atoms with van der Waals surface area (Å²) < 4.78 is 6.23. The predicted molar refractivity (Wildman–Crippen MR) is 76.1 cm³/mol. The van der Waals surface area contributed by atoms with Crippen LogP contribution in [0.5, 0.6) is 0 Å². The minimum atomic E-state index is -0.131. The van der Waals surface area contributed by atoms with Gasteiger partial charge in [0, 0.05) is 6.04 Å². The number of hydrogen-bond acceptors (Lipinski definition) is 3. The normalized spacial score (nSPS) is 28.9. The highest BCUT2D eigenvalue weighted by Crippen LogP contribution is 2.42. The highest BCUT2D eigenvalue weighted by molar-refractivity contribution is 5.04. The van der Waals surface area contributed by atoms with Gasteiger partial charge in [0.1, 0.15) is 0 Å². The molecule has 3 aliphatic rings. The third-order valence-corrected chi connectivity index (χ3v) is 5.09. The molecule has 0 radical (unpaired) electrons. The maximum Gasteiger partial charge on any atom is 0.0681 e. The van der Waals surface area contributed by atoms with Crippen molar-refractivity contribution < 1.29 is 9.84 Å². The molecule has 3 rings (SSSR count). The molecule has 1 unspecified atom stereocenters. The Morgan fingerprint density at radius 1 is 0.947 bits per heavy atom. The van der Waals surface area contributed by atoms with Gasteiger partial charge in [0.2, 0.25) is 0 Å². The van der Waals surface area contributed by atoms with Crippen molar-refractivity contribution in [3.05, 3.63) is 0 Å². The van der Waals surface area contributed by atoms with Crippen LogP contribution < -0.4 is 5.32 Å². The summed E-state index contributed by atoms with van der Waals surface area (Å²) in [5, 5.41) is 13.6. The van der Waals surface area contributed by atoms with E-state index in [0.717, 1.165) is 6.61 Å².